The summed E-state index contributed by atoms with van der Waals surface area (Å²) in [6, 6.07) is 0. The van der Waals surface area contributed by atoms with E-state index in [1.807, 2.05) is 0 Å². The van der Waals surface area contributed by atoms with Gasteiger partial charge in [0.25, 0.3) is 0 Å². The molecule has 13 heavy (non-hydrogen) atoms. The summed E-state index contributed by atoms with van der Waals surface area (Å²) in [5, 5.41) is 0. The number of unbranched alkanes of at least 4 members (excludes halogenated alkanes) is 1. The van der Waals surface area contributed by atoms with Crippen molar-refractivity contribution < 1.29 is 0 Å². The van der Waals surface area contributed by atoms with Gasteiger partial charge in [0, 0.05) is 8.41 Å². The number of hydrogen-bond acceptors (Lipinski definition) is 0. The molecule has 0 atom stereocenters. The molecular formula is C12H26B. The molecule has 0 heterocycles. The van der Waals surface area contributed by atoms with Gasteiger partial charge in [-0.05, 0) is 5.92 Å². The van der Waals surface area contributed by atoms with Gasteiger partial charge in [0.15, 0.2) is 0 Å². The second kappa shape index (κ2) is 12.1. The predicted molar refractivity (Wildman–Crippen MR) is 63.2 cm³/mol. The summed E-state index contributed by atoms with van der Waals surface area (Å²) >= 11 is 0. The first-order chi connectivity index (χ1) is 5.85. The maximum atomic E-state index is 2.32. The van der Waals surface area contributed by atoms with Crippen LogP contribution in [0.3, 0.4) is 0 Å². The minimum atomic E-state index is 0. The minimum Gasteiger partial charge on any atom is -0.0654 e. The van der Waals surface area contributed by atoms with Gasteiger partial charge >= 0.3 is 0 Å². The van der Waals surface area contributed by atoms with E-state index in [4.69, 9.17) is 0 Å². The monoisotopic (exact) mass is 181 g/mol. The molecule has 3 radical (unpaired) electrons. The second-order valence-corrected chi connectivity index (χ2v) is 3.91. The Kier molecular flexibility index (Phi) is 14.4. The van der Waals surface area contributed by atoms with Gasteiger partial charge in [0.1, 0.15) is 0 Å². The Labute approximate surface area is 87.1 Å². The van der Waals surface area contributed by atoms with Crippen LogP contribution in [0.15, 0.2) is 0 Å². The van der Waals surface area contributed by atoms with E-state index in [2.05, 4.69) is 20.8 Å². The fraction of sp³-hybridized carbons (Fsp3) is 1.00. The molecule has 1 aliphatic carbocycles. The minimum absolute atomic E-state index is 0. The second-order valence-electron chi connectivity index (χ2n) is 3.91. The molecule has 77 valence electrons. The highest BCUT2D eigenvalue weighted by molar-refractivity contribution is 5.75. The summed E-state index contributed by atoms with van der Waals surface area (Å²) in [7, 11) is 0. The van der Waals surface area contributed by atoms with Crippen molar-refractivity contribution in [3.8, 4) is 0 Å². The third kappa shape index (κ3) is 9.98. The topological polar surface area (TPSA) is 0 Å². The highest BCUT2D eigenvalue weighted by Crippen LogP contribution is 2.25. The molecule has 0 nitrogen and oxygen atoms in total. The van der Waals surface area contributed by atoms with Gasteiger partial charge in [0.05, 0.1) is 0 Å². The molecule has 0 N–H and O–H groups in total. The molecular weight excluding hydrogens is 155 g/mol. The van der Waals surface area contributed by atoms with Crippen molar-refractivity contribution in [1.29, 1.82) is 0 Å². The Morgan fingerprint density at radius 1 is 0.846 bits per heavy atom. The van der Waals surface area contributed by atoms with Crippen molar-refractivity contribution >= 4 is 8.41 Å². The zero-order valence-corrected chi connectivity index (χ0v) is 9.81. The average Bonchev–Trinajstić information content (AvgIpc) is 2.19. The quantitative estimate of drug-likeness (QED) is 0.554. The highest BCUT2D eigenvalue weighted by atomic mass is 14.2. The Hall–Kier alpha value is 0.0649. The van der Waals surface area contributed by atoms with Crippen LogP contribution >= 0.6 is 0 Å². The van der Waals surface area contributed by atoms with Crippen LogP contribution in [0.5, 0.6) is 0 Å². The van der Waals surface area contributed by atoms with Crippen molar-refractivity contribution in [3.05, 3.63) is 0 Å². The molecule has 1 heteroatoms. The first-order valence-electron chi connectivity index (χ1n) is 5.85. The summed E-state index contributed by atoms with van der Waals surface area (Å²) in [5.41, 5.74) is 0. The Bertz CT molecular complexity index is 73.2. The largest absolute Gasteiger partial charge is 0.0654 e. The zero-order valence-electron chi connectivity index (χ0n) is 9.81. The zero-order chi connectivity index (χ0) is 9.23. The molecule has 1 rings (SSSR count). The standard InChI is InChI=1S/C8H16.C4H10.B/c1-2-8-6-4-3-5-7-8;1-3-4-2;/h8H,2-7H2,1H3;3-4H2,1-2H3;. The lowest BCUT2D eigenvalue weighted by Gasteiger charge is -2.18. The van der Waals surface area contributed by atoms with E-state index < -0.39 is 0 Å². The van der Waals surface area contributed by atoms with Crippen molar-refractivity contribution in [2.45, 2.75) is 72.1 Å². The van der Waals surface area contributed by atoms with E-state index in [1.54, 1.807) is 0 Å². The molecule has 0 amide bonds. The van der Waals surface area contributed by atoms with Gasteiger partial charge in [-0.2, -0.15) is 0 Å². The average molecular weight is 181 g/mol. The molecule has 0 aromatic rings. The third-order valence-corrected chi connectivity index (χ3v) is 2.80. The van der Waals surface area contributed by atoms with Crippen LogP contribution in [0.4, 0.5) is 0 Å². The molecule has 0 saturated heterocycles. The fourth-order valence-corrected chi connectivity index (χ4v) is 1.60. The van der Waals surface area contributed by atoms with Gasteiger partial charge in [0.2, 0.25) is 0 Å². The highest BCUT2D eigenvalue weighted by Gasteiger charge is 2.09. The van der Waals surface area contributed by atoms with Crippen LogP contribution in [-0.2, 0) is 0 Å². The van der Waals surface area contributed by atoms with E-state index in [-0.39, 0.29) is 8.41 Å². The molecule has 1 fully saturated rings. The fourth-order valence-electron chi connectivity index (χ4n) is 1.60. The maximum Gasteiger partial charge on any atom is 0 e. The van der Waals surface area contributed by atoms with E-state index in [0.717, 1.165) is 5.92 Å². The van der Waals surface area contributed by atoms with Crippen LogP contribution in [0.1, 0.15) is 72.1 Å². The maximum absolute atomic E-state index is 2.32. The SMILES string of the molecule is CCC1CCCCC1.CCCC.[B]. The van der Waals surface area contributed by atoms with Crippen LogP contribution in [0, 0.1) is 5.92 Å². The molecule has 0 aromatic carbocycles. The summed E-state index contributed by atoms with van der Waals surface area (Å²) < 4.78 is 0. The van der Waals surface area contributed by atoms with Crippen LogP contribution in [0.2, 0.25) is 0 Å². The van der Waals surface area contributed by atoms with E-state index >= 15 is 0 Å². The lowest BCUT2D eigenvalue weighted by atomic mass is 9.88. The summed E-state index contributed by atoms with van der Waals surface area (Å²) in [5.74, 6) is 1.09. The van der Waals surface area contributed by atoms with Crippen LogP contribution in [-0.4, -0.2) is 8.41 Å². The van der Waals surface area contributed by atoms with Crippen molar-refractivity contribution in [2.75, 3.05) is 0 Å². The molecule has 0 bridgehead atoms. The summed E-state index contributed by atoms with van der Waals surface area (Å²) in [4.78, 5) is 0. The third-order valence-electron chi connectivity index (χ3n) is 2.80. The smallest absolute Gasteiger partial charge is 0 e. The first kappa shape index (κ1) is 15.5. The number of hydrogen-bond donors (Lipinski definition) is 0. The van der Waals surface area contributed by atoms with Gasteiger partial charge < -0.3 is 0 Å². The Morgan fingerprint density at radius 2 is 1.31 bits per heavy atom. The van der Waals surface area contributed by atoms with Crippen molar-refractivity contribution in [2.24, 2.45) is 5.92 Å². The van der Waals surface area contributed by atoms with E-state index in [1.165, 1.54) is 51.4 Å². The predicted octanol–water partition coefficient (Wildman–Crippen LogP) is 4.40. The molecule has 0 unspecified atom stereocenters. The van der Waals surface area contributed by atoms with Gasteiger partial charge in [-0.25, -0.2) is 0 Å². The number of rotatable bonds is 2. The summed E-state index contributed by atoms with van der Waals surface area (Å²) in [6.45, 7) is 6.68. The van der Waals surface area contributed by atoms with Crippen molar-refractivity contribution in [3.63, 3.8) is 0 Å². The Morgan fingerprint density at radius 3 is 1.54 bits per heavy atom. The van der Waals surface area contributed by atoms with Gasteiger partial charge in [-0.3, -0.25) is 0 Å². The van der Waals surface area contributed by atoms with E-state index in [9.17, 15) is 0 Å². The molecule has 1 aliphatic rings. The lowest BCUT2D eigenvalue weighted by Crippen LogP contribution is -2.03. The molecule has 0 aliphatic heterocycles. The van der Waals surface area contributed by atoms with E-state index in [0.29, 0.717) is 0 Å². The van der Waals surface area contributed by atoms with Gasteiger partial charge in [-0.1, -0.05) is 72.1 Å². The van der Waals surface area contributed by atoms with Gasteiger partial charge in [-0.15, -0.1) is 0 Å². The van der Waals surface area contributed by atoms with Crippen LogP contribution < -0.4 is 0 Å². The van der Waals surface area contributed by atoms with Crippen LogP contribution in [0.25, 0.3) is 0 Å². The molecule has 0 spiro atoms. The normalized spacial score (nSPS) is 16.8. The molecule has 1 saturated carbocycles. The molecule has 0 aromatic heterocycles. The summed E-state index contributed by atoms with van der Waals surface area (Å²) in [6.07, 6.45) is 11.6. The lowest BCUT2D eigenvalue weighted by molar-refractivity contribution is 0.349. The Balaban J connectivity index is 0. The first-order valence-corrected chi connectivity index (χ1v) is 5.85. The van der Waals surface area contributed by atoms with Crippen molar-refractivity contribution in [1.82, 2.24) is 0 Å².